The second-order valence-corrected chi connectivity index (χ2v) is 4.04. The zero-order valence-electron chi connectivity index (χ0n) is 10.8. The molecule has 0 fully saturated rings. The van der Waals surface area contributed by atoms with E-state index in [1.54, 1.807) is 0 Å². The molecule has 17 heavy (non-hydrogen) atoms. The molecule has 0 spiro atoms. The first-order chi connectivity index (χ1) is 8.22. The fourth-order valence-corrected chi connectivity index (χ4v) is 1.94. The number of benzene rings is 1. The largest absolute Gasteiger partial charge is 0.390 e. The molecule has 94 valence electrons. The van der Waals surface area contributed by atoms with Crippen LogP contribution in [0.15, 0.2) is 29.3 Å². The van der Waals surface area contributed by atoms with Crippen molar-refractivity contribution in [2.75, 3.05) is 14.1 Å². The molecule has 1 unspecified atom stereocenters. The van der Waals surface area contributed by atoms with E-state index in [1.807, 2.05) is 26.2 Å². The number of nitrogens with zero attached hydrogens (tertiary/aromatic N) is 1. The van der Waals surface area contributed by atoms with Crippen molar-refractivity contribution in [2.24, 2.45) is 10.7 Å². The smallest absolute Gasteiger partial charge is 0.0805 e. The van der Waals surface area contributed by atoms with Crippen LogP contribution in [-0.4, -0.2) is 26.6 Å². The molecular weight excluding hydrogens is 212 g/mol. The quantitative estimate of drug-likeness (QED) is 0.393. The Hall–Kier alpha value is -1.39. The molecule has 0 saturated heterocycles. The molecular formula is C13H22N4. The number of aliphatic imine (C=N–C) groups is 1. The van der Waals surface area contributed by atoms with E-state index in [4.69, 9.17) is 5.73 Å². The molecule has 1 rings (SSSR count). The van der Waals surface area contributed by atoms with Crippen molar-refractivity contribution in [3.63, 3.8) is 0 Å². The number of aryl methyl sites for hydroxylation is 1. The maximum atomic E-state index is 5.44. The standard InChI is InChI=1S/C13H22N4/c1-10-6-4-5-7-11(10)12(17-9-14)8-13(15-2)16-3/h4-7,9,12-13,15-16H,8H2,1-3H3,(H2,14,17). The van der Waals surface area contributed by atoms with E-state index in [2.05, 4.69) is 34.7 Å². The lowest BCUT2D eigenvalue weighted by Gasteiger charge is -2.21. The minimum atomic E-state index is 0.0890. The topological polar surface area (TPSA) is 62.4 Å². The van der Waals surface area contributed by atoms with Crippen LogP contribution >= 0.6 is 0 Å². The highest BCUT2D eigenvalue weighted by atomic mass is 15.1. The fraction of sp³-hybridized carbons (Fsp3) is 0.462. The second kappa shape index (κ2) is 7.04. The molecule has 0 radical (unpaired) electrons. The Morgan fingerprint density at radius 3 is 2.47 bits per heavy atom. The molecule has 4 heteroatoms. The zero-order valence-corrected chi connectivity index (χ0v) is 10.8. The van der Waals surface area contributed by atoms with Crippen LogP contribution in [-0.2, 0) is 0 Å². The Morgan fingerprint density at radius 2 is 1.94 bits per heavy atom. The van der Waals surface area contributed by atoms with Gasteiger partial charge in [0.2, 0.25) is 0 Å². The Kier molecular flexibility index (Phi) is 5.66. The summed E-state index contributed by atoms with van der Waals surface area (Å²) in [6, 6.07) is 8.37. The molecule has 0 bridgehead atoms. The second-order valence-electron chi connectivity index (χ2n) is 4.04. The first-order valence-electron chi connectivity index (χ1n) is 5.86. The van der Waals surface area contributed by atoms with Crippen LogP contribution in [0.1, 0.15) is 23.6 Å². The number of hydrogen-bond acceptors (Lipinski definition) is 3. The molecule has 0 amide bonds. The van der Waals surface area contributed by atoms with E-state index in [0.717, 1.165) is 6.42 Å². The highest BCUT2D eigenvalue weighted by Gasteiger charge is 2.16. The van der Waals surface area contributed by atoms with Gasteiger partial charge in [0.25, 0.3) is 0 Å². The van der Waals surface area contributed by atoms with Crippen LogP contribution in [0, 0.1) is 6.92 Å². The third kappa shape index (κ3) is 3.84. The van der Waals surface area contributed by atoms with Crippen molar-refractivity contribution >= 4 is 6.34 Å². The van der Waals surface area contributed by atoms with Gasteiger partial charge in [-0.05, 0) is 32.1 Å². The third-order valence-electron chi connectivity index (χ3n) is 2.97. The first kappa shape index (κ1) is 13.7. The van der Waals surface area contributed by atoms with Crippen molar-refractivity contribution in [3.05, 3.63) is 35.4 Å². The SMILES string of the molecule is CNC(CC(N=CN)c1ccccc1C)NC. The Morgan fingerprint density at radius 1 is 1.29 bits per heavy atom. The van der Waals surface area contributed by atoms with Gasteiger partial charge in [-0.25, -0.2) is 0 Å². The van der Waals surface area contributed by atoms with E-state index in [1.165, 1.54) is 17.5 Å². The lowest BCUT2D eigenvalue weighted by Crippen LogP contribution is -2.38. The van der Waals surface area contributed by atoms with Crippen molar-refractivity contribution < 1.29 is 0 Å². The highest BCUT2D eigenvalue weighted by molar-refractivity contribution is 5.52. The van der Waals surface area contributed by atoms with Crippen LogP contribution in [0.4, 0.5) is 0 Å². The minimum Gasteiger partial charge on any atom is -0.390 e. The molecule has 0 heterocycles. The van der Waals surface area contributed by atoms with Gasteiger partial charge in [-0.2, -0.15) is 0 Å². The maximum absolute atomic E-state index is 5.44. The summed E-state index contributed by atoms with van der Waals surface area (Å²) < 4.78 is 0. The average molecular weight is 234 g/mol. The van der Waals surface area contributed by atoms with Crippen molar-refractivity contribution in [3.8, 4) is 0 Å². The van der Waals surface area contributed by atoms with Crippen molar-refractivity contribution in [2.45, 2.75) is 25.6 Å². The van der Waals surface area contributed by atoms with E-state index in [0.29, 0.717) is 0 Å². The monoisotopic (exact) mass is 234 g/mol. The first-order valence-corrected chi connectivity index (χ1v) is 5.86. The number of nitrogens with two attached hydrogens (primary N) is 1. The van der Waals surface area contributed by atoms with Gasteiger partial charge in [-0.15, -0.1) is 0 Å². The Bertz CT molecular complexity index is 358. The summed E-state index contributed by atoms with van der Waals surface area (Å²) >= 11 is 0. The van der Waals surface area contributed by atoms with Crippen LogP contribution in [0.25, 0.3) is 0 Å². The number of nitrogens with one attached hydrogen (secondary N) is 2. The summed E-state index contributed by atoms with van der Waals surface area (Å²) in [6.45, 7) is 2.10. The van der Waals surface area contributed by atoms with Gasteiger partial charge >= 0.3 is 0 Å². The van der Waals surface area contributed by atoms with Gasteiger partial charge in [0.05, 0.1) is 18.5 Å². The normalized spacial score (nSPS) is 13.4. The summed E-state index contributed by atoms with van der Waals surface area (Å²) in [5, 5.41) is 6.41. The highest BCUT2D eigenvalue weighted by Crippen LogP contribution is 2.24. The molecule has 0 saturated carbocycles. The molecule has 0 aliphatic carbocycles. The molecule has 0 aromatic heterocycles. The van der Waals surface area contributed by atoms with Crippen LogP contribution < -0.4 is 16.4 Å². The summed E-state index contributed by atoms with van der Waals surface area (Å²) in [5.41, 5.74) is 7.91. The Labute approximate surface area is 103 Å². The number of hydrogen-bond donors (Lipinski definition) is 3. The zero-order chi connectivity index (χ0) is 12.7. The van der Waals surface area contributed by atoms with E-state index in [-0.39, 0.29) is 12.2 Å². The molecule has 0 aliphatic heterocycles. The fourth-order valence-electron chi connectivity index (χ4n) is 1.94. The lowest BCUT2D eigenvalue weighted by molar-refractivity contribution is 0.426. The lowest BCUT2D eigenvalue weighted by atomic mass is 9.98. The molecule has 4 nitrogen and oxygen atoms in total. The van der Waals surface area contributed by atoms with E-state index in [9.17, 15) is 0 Å². The van der Waals surface area contributed by atoms with Gasteiger partial charge in [-0.3, -0.25) is 4.99 Å². The minimum absolute atomic E-state index is 0.0890. The molecule has 0 aliphatic rings. The van der Waals surface area contributed by atoms with Gasteiger partial charge in [0.15, 0.2) is 0 Å². The van der Waals surface area contributed by atoms with E-state index < -0.39 is 0 Å². The van der Waals surface area contributed by atoms with Crippen LogP contribution in [0.2, 0.25) is 0 Å². The van der Waals surface area contributed by atoms with Gasteiger partial charge in [0.1, 0.15) is 0 Å². The molecule has 1 aromatic carbocycles. The molecule has 4 N–H and O–H groups in total. The summed E-state index contributed by atoms with van der Waals surface area (Å²) in [7, 11) is 3.87. The molecule has 1 aromatic rings. The van der Waals surface area contributed by atoms with E-state index >= 15 is 0 Å². The van der Waals surface area contributed by atoms with Crippen molar-refractivity contribution in [1.29, 1.82) is 0 Å². The van der Waals surface area contributed by atoms with Crippen LogP contribution in [0.3, 0.4) is 0 Å². The van der Waals surface area contributed by atoms with Crippen molar-refractivity contribution in [1.82, 2.24) is 10.6 Å². The van der Waals surface area contributed by atoms with Crippen LogP contribution in [0.5, 0.6) is 0 Å². The van der Waals surface area contributed by atoms with Gasteiger partial charge in [0, 0.05) is 6.42 Å². The maximum Gasteiger partial charge on any atom is 0.0805 e. The summed E-state index contributed by atoms with van der Waals surface area (Å²) in [4.78, 5) is 4.36. The number of rotatable bonds is 6. The average Bonchev–Trinajstić information content (AvgIpc) is 2.35. The summed E-state index contributed by atoms with van der Waals surface area (Å²) in [5.74, 6) is 0. The summed E-state index contributed by atoms with van der Waals surface area (Å²) in [6.07, 6.45) is 2.48. The van der Waals surface area contributed by atoms with Gasteiger partial charge < -0.3 is 16.4 Å². The predicted octanol–water partition coefficient (Wildman–Crippen LogP) is 1.18. The predicted molar refractivity (Wildman–Crippen MR) is 73.1 cm³/mol. The molecule has 1 atom stereocenters. The Balaban J connectivity index is 2.89. The third-order valence-corrected chi connectivity index (χ3v) is 2.97. The van der Waals surface area contributed by atoms with Gasteiger partial charge in [-0.1, -0.05) is 24.3 Å².